The average molecular weight is 362 g/mol. The van der Waals surface area contributed by atoms with E-state index in [4.69, 9.17) is 28.3 Å². The minimum atomic E-state index is -0.993. The Morgan fingerprint density at radius 3 is 2.82 bits per heavy atom. The molecule has 0 aliphatic carbocycles. The largest absolute Gasteiger partial charge is 0.480 e. The minimum absolute atomic E-state index is 0.182. The predicted octanol–water partition coefficient (Wildman–Crippen LogP) is 3.30. The fraction of sp³-hybridized carbons (Fsp3) is 0.308. The zero-order valence-corrected chi connectivity index (χ0v) is 13.7. The summed E-state index contributed by atoms with van der Waals surface area (Å²) in [6.45, 7) is -0.243. The number of carboxylic acids is 1. The number of rotatable bonds is 7. The zero-order chi connectivity index (χ0) is 16.1. The Morgan fingerprint density at radius 1 is 1.41 bits per heavy atom. The first-order valence-electron chi connectivity index (χ1n) is 6.43. The Bertz CT molecular complexity index is 684. The van der Waals surface area contributed by atoms with Crippen LogP contribution in [0.2, 0.25) is 8.67 Å². The van der Waals surface area contributed by atoms with Crippen molar-refractivity contribution in [2.24, 2.45) is 0 Å². The fourth-order valence-corrected chi connectivity index (χ4v) is 3.39. The molecule has 0 aromatic carbocycles. The number of nitrogens with one attached hydrogen (secondary N) is 1. The molecule has 2 rings (SSSR count). The Labute approximate surface area is 140 Å². The van der Waals surface area contributed by atoms with Crippen LogP contribution in [-0.4, -0.2) is 26.8 Å². The van der Waals surface area contributed by atoms with Crippen molar-refractivity contribution in [3.05, 3.63) is 32.6 Å². The number of amides is 1. The molecule has 2 heterocycles. The van der Waals surface area contributed by atoms with Crippen LogP contribution in [0, 0.1) is 0 Å². The van der Waals surface area contributed by atoms with Gasteiger partial charge in [0.25, 0.3) is 0 Å². The Hall–Kier alpha value is -1.57. The molecule has 0 radical (unpaired) electrons. The Balaban J connectivity index is 1.77. The van der Waals surface area contributed by atoms with Gasteiger partial charge in [0.15, 0.2) is 5.82 Å². The maximum Gasteiger partial charge on any atom is 0.325 e. The van der Waals surface area contributed by atoms with E-state index in [1.54, 1.807) is 12.1 Å². The number of aliphatic carboxylic acids is 1. The molecule has 1 amide bonds. The molecule has 0 fully saturated rings. The van der Waals surface area contributed by atoms with Crippen LogP contribution in [0.25, 0.3) is 0 Å². The molecule has 0 saturated carbocycles. The molecular weight excluding hydrogens is 349 g/mol. The summed E-state index contributed by atoms with van der Waals surface area (Å²) in [5, 5.41) is 15.2. The smallest absolute Gasteiger partial charge is 0.325 e. The Morgan fingerprint density at radius 2 is 2.18 bits per heavy atom. The number of aryl methyl sites for hydroxylation is 1. The van der Waals surface area contributed by atoms with Gasteiger partial charge in [0.05, 0.1) is 8.67 Å². The predicted molar refractivity (Wildman–Crippen MR) is 85.8 cm³/mol. The third kappa shape index (κ3) is 5.01. The average Bonchev–Trinajstić information content (AvgIpc) is 2.96. The van der Waals surface area contributed by atoms with E-state index in [2.05, 4.69) is 10.4 Å². The molecule has 0 spiro atoms. The van der Waals surface area contributed by atoms with Gasteiger partial charge in [-0.25, -0.2) is 0 Å². The third-order valence-electron chi connectivity index (χ3n) is 2.78. The van der Waals surface area contributed by atoms with E-state index < -0.39 is 5.97 Å². The van der Waals surface area contributed by atoms with E-state index in [1.165, 1.54) is 22.2 Å². The molecular formula is C13H13Cl2N3O3S. The van der Waals surface area contributed by atoms with E-state index in [0.29, 0.717) is 33.8 Å². The summed E-state index contributed by atoms with van der Waals surface area (Å²) in [7, 11) is 0. The minimum Gasteiger partial charge on any atom is -0.480 e. The number of anilines is 1. The van der Waals surface area contributed by atoms with Crippen molar-refractivity contribution in [1.82, 2.24) is 9.78 Å². The summed E-state index contributed by atoms with van der Waals surface area (Å²) >= 11 is 13.2. The van der Waals surface area contributed by atoms with E-state index in [1.807, 2.05) is 0 Å². The van der Waals surface area contributed by atoms with Crippen molar-refractivity contribution in [3.63, 3.8) is 0 Å². The van der Waals surface area contributed by atoms with Gasteiger partial charge in [0.2, 0.25) is 5.91 Å². The SMILES string of the molecule is O=C(O)Cn1ccc(NC(=O)CCCc2cc(Cl)sc2Cl)n1. The number of aromatic nitrogens is 2. The first-order chi connectivity index (χ1) is 10.4. The fourth-order valence-electron chi connectivity index (χ4n) is 1.84. The zero-order valence-electron chi connectivity index (χ0n) is 11.4. The highest BCUT2D eigenvalue weighted by atomic mass is 35.5. The monoisotopic (exact) mass is 361 g/mol. The lowest BCUT2D eigenvalue weighted by Crippen LogP contribution is -2.13. The van der Waals surface area contributed by atoms with Crippen molar-refractivity contribution >= 4 is 52.2 Å². The van der Waals surface area contributed by atoms with Gasteiger partial charge in [-0.1, -0.05) is 23.2 Å². The van der Waals surface area contributed by atoms with Crippen molar-refractivity contribution in [2.45, 2.75) is 25.8 Å². The van der Waals surface area contributed by atoms with Gasteiger partial charge in [-0.05, 0) is 24.5 Å². The number of thiophene rings is 1. The number of carbonyl (C=O) groups excluding carboxylic acids is 1. The van der Waals surface area contributed by atoms with Crippen LogP contribution in [0.4, 0.5) is 5.82 Å². The molecule has 2 aromatic rings. The van der Waals surface area contributed by atoms with Crippen LogP contribution < -0.4 is 5.32 Å². The lowest BCUT2D eigenvalue weighted by Gasteiger charge is -2.02. The number of carboxylic acid groups (broad SMARTS) is 1. The highest BCUT2D eigenvalue weighted by Crippen LogP contribution is 2.32. The van der Waals surface area contributed by atoms with E-state index >= 15 is 0 Å². The summed E-state index contributed by atoms with van der Waals surface area (Å²) in [6, 6.07) is 3.36. The Kier molecular flexibility index (Phi) is 5.82. The first kappa shape index (κ1) is 16.8. The lowest BCUT2D eigenvalue weighted by molar-refractivity contribution is -0.137. The molecule has 0 atom stereocenters. The lowest BCUT2D eigenvalue weighted by atomic mass is 10.1. The molecule has 118 valence electrons. The van der Waals surface area contributed by atoms with Crippen molar-refractivity contribution in [2.75, 3.05) is 5.32 Å². The van der Waals surface area contributed by atoms with Crippen LogP contribution in [0.15, 0.2) is 18.3 Å². The van der Waals surface area contributed by atoms with Gasteiger partial charge < -0.3 is 10.4 Å². The maximum atomic E-state index is 11.8. The van der Waals surface area contributed by atoms with Crippen LogP contribution in [0.1, 0.15) is 18.4 Å². The molecule has 0 unspecified atom stereocenters. The quantitative estimate of drug-likeness (QED) is 0.792. The van der Waals surface area contributed by atoms with Crippen molar-refractivity contribution < 1.29 is 14.7 Å². The van der Waals surface area contributed by atoms with Gasteiger partial charge in [0.1, 0.15) is 6.54 Å². The van der Waals surface area contributed by atoms with Crippen LogP contribution in [-0.2, 0) is 22.6 Å². The van der Waals surface area contributed by atoms with Crippen molar-refractivity contribution in [3.8, 4) is 0 Å². The normalized spacial score (nSPS) is 10.6. The van der Waals surface area contributed by atoms with Gasteiger partial charge in [0, 0.05) is 18.7 Å². The number of nitrogens with zero attached hydrogens (tertiary/aromatic N) is 2. The second-order valence-corrected chi connectivity index (χ2v) is 6.83. The topological polar surface area (TPSA) is 84.2 Å². The molecule has 0 bridgehead atoms. The summed E-state index contributed by atoms with van der Waals surface area (Å²) < 4.78 is 2.52. The molecule has 0 aliphatic heterocycles. The van der Waals surface area contributed by atoms with Crippen LogP contribution in [0.3, 0.4) is 0 Å². The second-order valence-electron chi connectivity index (χ2n) is 4.54. The summed E-state index contributed by atoms with van der Waals surface area (Å²) in [4.78, 5) is 22.3. The molecule has 6 nitrogen and oxygen atoms in total. The third-order valence-corrected chi connectivity index (χ3v) is 4.35. The molecule has 2 aromatic heterocycles. The number of halogens is 2. The van der Waals surface area contributed by atoms with Crippen LogP contribution in [0.5, 0.6) is 0 Å². The highest BCUT2D eigenvalue weighted by molar-refractivity contribution is 7.20. The number of hydrogen-bond donors (Lipinski definition) is 2. The van der Waals surface area contributed by atoms with Gasteiger partial charge in [-0.15, -0.1) is 11.3 Å². The second kappa shape index (κ2) is 7.62. The van der Waals surface area contributed by atoms with Crippen molar-refractivity contribution in [1.29, 1.82) is 0 Å². The van der Waals surface area contributed by atoms with E-state index in [0.717, 1.165) is 5.56 Å². The molecule has 2 N–H and O–H groups in total. The van der Waals surface area contributed by atoms with Gasteiger partial charge in [-0.2, -0.15) is 5.10 Å². The highest BCUT2D eigenvalue weighted by Gasteiger charge is 2.09. The van der Waals surface area contributed by atoms with Gasteiger partial charge in [-0.3, -0.25) is 14.3 Å². The molecule has 0 aliphatic rings. The van der Waals surface area contributed by atoms with E-state index in [-0.39, 0.29) is 12.5 Å². The summed E-state index contributed by atoms with van der Waals surface area (Å²) in [5.74, 6) is -0.840. The van der Waals surface area contributed by atoms with Gasteiger partial charge >= 0.3 is 5.97 Å². The standard InChI is InChI=1S/C13H13Cl2N3O3S/c14-9-6-8(13(15)22-9)2-1-3-11(19)16-10-4-5-18(17-10)7-12(20)21/h4-6H,1-3,7H2,(H,20,21)(H,16,17,19). The number of hydrogen-bond acceptors (Lipinski definition) is 4. The van der Waals surface area contributed by atoms with Crippen LogP contribution >= 0.6 is 34.5 Å². The molecule has 9 heteroatoms. The molecule has 0 saturated heterocycles. The molecule has 22 heavy (non-hydrogen) atoms. The summed E-state index contributed by atoms with van der Waals surface area (Å²) in [5.41, 5.74) is 0.940. The first-order valence-corrected chi connectivity index (χ1v) is 8.00. The maximum absolute atomic E-state index is 11.8. The van der Waals surface area contributed by atoms with E-state index in [9.17, 15) is 9.59 Å². The number of carbonyl (C=O) groups is 2. The summed E-state index contributed by atoms with van der Waals surface area (Å²) in [6.07, 6.45) is 3.11.